The molecular weight excluding hydrogens is 424 g/mol. The highest BCUT2D eigenvalue weighted by atomic mass is 35.5. The number of aliphatic carboxylic acids is 1. The second kappa shape index (κ2) is 7.81. The van der Waals surface area contributed by atoms with Gasteiger partial charge in [0.05, 0.1) is 0 Å². The third-order valence-electron chi connectivity index (χ3n) is 6.14. The third kappa shape index (κ3) is 3.67. The molecule has 1 aliphatic carbocycles. The van der Waals surface area contributed by atoms with Gasteiger partial charge in [0.1, 0.15) is 5.54 Å². The van der Waals surface area contributed by atoms with Crippen LogP contribution in [0.5, 0.6) is 0 Å². The monoisotopic (exact) mass is 446 g/mol. The van der Waals surface area contributed by atoms with Crippen LogP contribution in [-0.2, 0) is 15.0 Å². The van der Waals surface area contributed by atoms with Crippen LogP contribution in [0, 0.1) is 5.92 Å². The van der Waals surface area contributed by atoms with E-state index < -0.39 is 27.6 Å². The van der Waals surface area contributed by atoms with Crippen LogP contribution in [0.1, 0.15) is 30.4 Å². The fourth-order valence-corrected chi connectivity index (χ4v) is 6.06. The first-order valence-corrected chi connectivity index (χ1v) is 11.6. The Balaban J connectivity index is 1.53. The lowest BCUT2D eigenvalue weighted by atomic mass is 10.0. The molecule has 0 amide bonds. The molecule has 2 aliphatic rings. The number of nitrogens with one attached hydrogen (secondary N) is 1. The largest absolute Gasteiger partial charge is 0.480 e. The van der Waals surface area contributed by atoms with Gasteiger partial charge in [-0.1, -0.05) is 67.1 Å². The van der Waals surface area contributed by atoms with Crippen LogP contribution in [0.15, 0.2) is 60.7 Å². The van der Waals surface area contributed by atoms with Crippen molar-refractivity contribution >= 4 is 33.4 Å². The van der Waals surface area contributed by atoms with Gasteiger partial charge in [0, 0.05) is 24.0 Å². The molecule has 4 rings (SSSR count). The number of carbonyl (C=O) groups is 1. The van der Waals surface area contributed by atoms with E-state index in [9.17, 15) is 18.3 Å². The summed E-state index contributed by atoms with van der Waals surface area (Å²) in [6, 6.07) is 16.6. The lowest BCUT2D eigenvalue weighted by Crippen LogP contribution is -2.52. The minimum atomic E-state index is -3.97. The molecule has 30 heavy (non-hydrogen) atoms. The van der Waals surface area contributed by atoms with Gasteiger partial charge in [-0.3, -0.25) is 4.79 Å². The van der Waals surface area contributed by atoms with Gasteiger partial charge in [0.15, 0.2) is 0 Å². The Morgan fingerprint density at radius 3 is 2.40 bits per heavy atom. The van der Waals surface area contributed by atoms with Crippen molar-refractivity contribution in [3.63, 3.8) is 0 Å². The molecule has 0 aromatic heterocycles. The summed E-state index contributed by atoms with van der Waals surface area (Å²) in [4.78, 5) is 12.1. The first-order chi connectivity index (χ1) is 14.3. The Morgan fingerprint density at radius 1 is 1.17 bits per heavy atom. The van der Waals surface area contributed by atoms with Crippen molar-refractivity contribution in [3.05, 3.63) is 76.8 Å². The van der Waals surface area contributed by atoms with Crippen LogP contribution < -0.4 is 4.72 Å². The normalized spacial score (nSPS) is 26.8. The molecule has 1 heterocycles. The molecule has 0 spiro atoms. The molecule has 1 saturated carbocycles. The molecule has 3 atom stereocenters. The SMILES string of the molecule is CC1[C@@H](c2ccccc2)[C@]1(NS(=O)(=O)N1CC=C(c2ccc(Cl)cc2)CC1)C(=O)O. The predicted molar refractivity (Wildman–Crippen MR) is 116 cm³/mol. The van der Waals surface area contributed by atoms with Gasteiger partial charge in [-0.15, -0.1) is 0 Å². The highest BCUT2D eigenvalue weighted by molar-refractivity contribution is 7.87. The van der Waals surface area contributed by atoms with Crippen LogP contribution in [0.4, 0.5) is 0 Å². The average molecular weight is 447 g/mol. The summed E-state index contributed by atoms with van der Waals surface area (Å²) in [5, 5.41) is 10.6. The third-order valence-corrected chi connectivity index (χ3v) is 8.00. The molecule has 1 fully saturated rings. The Bertz CT molecular complexity index is 1090. The molecule has 0 radical (unpaired) electrons. The number of carboxylic acids is 1. The molecule has 1 aliphatic heterocycles. The van der Waals surface area contributed by atoms with E-state index in [4.69, 9.17) is 11.6 Å². The lowest BCUT2D eigenvalue weighted by Gasteiger charge is -2.28. The zero-order valence-electron chi connectivity index (χ0n) is 16.5. The van der Waals surface area contributed by atoms with E-state index in [1.54, 1.807) is 19.1 Å². The first kappa shape index (κ1) is 21.1. The topological polar surface area (TPSA) is 86.7 Å². The molecule has 6 nitrogen and oxygen atoms in total. The summed E-state index contributed by atoms with van der Waals surface area (Å²) in [6.45, 7) is 2.24. The van der Waals surface area contributed by atoms with E-state index >= 15 is 0 Å². The van der Waals surface area contributed by atoms with Crippen LogP contribution in [-0.4, -0.2) is 42.4 Å². The van der Waals surface area contributed by atoms with Crippen molar-refractivity contribution in [2.75, 3.05) is 13.1 Å². The van der Waals surface area contributed by atoms with Crippen LogP contribution in [0.3, 0.4) is 0 Å². The van der Waals surface area contributed by atoms with Gasteiger partial charge in [0.2, 0.25) is 0 Å². The summed E-state index contributed by atoms with van der Waals surface area (Å²) in [6.07, 6.45) is 2.41. The summed E-state index contributed by atoms with van der Waals surface area (Å²) in [5.74, 6) is -1.91. The lowest BCUT2D eigenvalue weighted by molar-refractivity contribution is -0.140. The van der Waals surface area contributed by atoms with Crippen molar-refractivity contribution in [2.45, 2.75) is 24.8 Å². The maximum Gasteiger partial charge on any atom is 0.325 e. The molecular formula is C22H23ClN2O4S. The van der Waals surface area contributed by atoms with Crippen molar-refractivity contribution in [3.8, 4) is 0 Å². The van der Waals surface area contributed by atoms with Crippen molar-refractivity contribution < 1.29 is 18.3 Å². The minimum absolute atomic E-state index is 0.188. The van der Waals surface area contributed by atoms with E-state index in [-0.39, 0.29) is 19.0 Å². The van der Waals surface area contributed by atoms with Crippen molar-refractivity contribution in [1.82, 2.24) is 9.03 Å². The number of nitrogens with zero attached hydrogens (tertiary/aromatic N) is 1. The molecule has 158 valence electrons. The number of hydrogen-bond acceptors (Lipinski definition) is 3. The van der Waals surface area contributed by atoms with Gasteiger partial charge < -0.3 is 5.11 Å². The number of hydrogen-bond donors (Lipinski definition) is 2. The zero-order chi connectivity index (χ0) is 21.5. The van der Waals surface area contributed by atoms with Gasteiger partial charge in [-0.2, -0.15) is 17.4 Å². The van der Waals surface area contributed by atoms with Gasteiger partial charge >= 0.3 is 5.97 Å². The molecule has 2 aromatic rings. The first-order valence-electron chi connectivity index (χ1n) is 9.78. The molecule has 2 aromatic carbocycles. The quantitative estimate of drug-likeness (QED) is 0.710. The van der Waals surface area contributed by atoms with E-state index in [0.29, 0.717) is 11.4 Å². The number of benzene rings is 2. The van der Waals surface area contributed by atoms with Crippen LogP contribution in [0.25, 0.3) is 5.57 Å². The summed E-state index contributed by atoms with van der Waals surface area (Å²) >= 11 is 5.93. The van der Waals surface area contributed by atoms with Crippen LogP contribution >= 0.6 is 11.6 Å². The predicted octanol–water partition coefficient (Wildman–Crippen LogP) is 3.52. The van der Waals surface area contributed by atoms with Crippen LogP contribution in [0.2, 0.25) is 5.02 Å². The van der Waals surface area contributed by atoms with Crippen molar-refractivity contribution in [2.24, 2.45) is 5.92 Å². The molecule has 8 heteroatoms. The minimum Gasteiger partial charge on any atom is -0.480 e. The Hall–Kier alpha value is -2.19. The standard InChI is InChI=1S/C22H23ClN2O4S/c1-15-20(18-5-3-2-4-6-18)22(15,21(26)27)24-30(28,29)25-13-11-17(12-14-25)16-7-9-19(23)10-8-16/h2-11,15,20,24H,12-14H2,1H3,(H,26,27)/t15?,20-,22-/m0/s1. The fourth-order valence-electron chi connectivity index (χ4n) is 4.37. The fraction of sp³-hybridized carbons (Fsp3) is 0.318. The zero-order valence-corrected chi connectivity index (χ0v) is 18.0. The Morgan fingerprint density at radius 2 is 1.83 bits per heavy atom. The smallest absolute Gasteiger partial charge is 0.325 e. The average Bonchev–Trinajstić information content (AvgIpc) is 3.33. The second-order valence-corrected chi connectivity index (χ2v) is 9.91. The summed E-state index contributed by atoms with van der Waals surface area (Å²) in [7, 11) is -3.97. The molecule has 0 bridgehead atoms. The maximum atomic E-state index is 13.1. The van der Waals surface area contributed by atoms with Crippen molar-refractivity contribution in [1.29, 1.82) is 0 Å². The number of rotatable bonds is 6. The summed E-state index contributed by atoms with van der Waals surface area (Å²) in [5.41, 5.74) is 1.35. The van der Waals surface area contributed by atoms with E-state index in [1.807, 2.05) is 48.5 Å². The van der Waals surface area contributed by atoms with Gasteiger partial charge in [-0.05, 0) is 41.2 Å². The number of carboxylic acid groups (broad SMARTS) is 1. The molecule has 0 saturated heterocycles. The van der Waals surface area contributed by atoms with E-state index in [0.717, 1.165) is 16.7 Å². The van der Waals surface area contributed by atoms with E-state index in [2.05, 4.69) is 4.72 Å². The Labute approximate surface area is 181 Å². The maximum absolute atomic E-state index is 13.1. The molecule has 2 N–H and O–H groups in total. The van der Waals surface area contributed by atoms with E-state index in [1.165, 1.54) is 4.31 Å². The highest BCUT2D eigenvalue weighted by Crippen LogP contribution is 2.58. The van der Waals surface area contributed by atoms with Gasteiger partial charge in [-0.25, -0.2) is 0 Å². The molecule has 1 unspecified atom stereocenters. The van der Waals surface area contributed by atoms with Gasteiger partial charge in [0.25, 0.3) is 10.2 Å². The Kier molecular flexibility index (Phi) is 5.48. The summed E-state index contributed by atoms with van der Waals surface area (Å²) < 4.78 is 29.9. The highest BCUT2D eigenvalue weighted by Gasteiger charge is 2.70. The second-order valence-electron chi connectivity index (χ2n) is 7.80. The number of halogens is 1.